The van der Waals surface area contributed by atoms with Crippen LogP contribution in [0.4, 0.5) is 4.39 Å². The molecule has 0 aliphatic rings. The van der Waals surface area contributed by atoms with Crippen LogP contribution in [-0.2, 0) is 6.42 Å². The van der Waals surface area contributed by atoms with Crippen molar-refractivity contribution in [3.8, 4) is 0 Å². The highest BCUT2D eigenvalue weighted by Crippen LogP contribution is 2.28. The number of hydrogen-bond acceptors (Lipinski definition) is 1. The van der Waals surface area contributed by atoms with Crippen LogP contribution < -0.4 is 5.32 Å². The number of halogens is 2. The van der Waals surface area contributed by atoms with Crippen molar-refractivity contribution < 1.29 is 4.39 Å². The zero-order valence-electron chi connectivity index (χ0n) is 14.0. The molecule has 0 radical (unpaired) electrons. The first-order valence-corrected chi connectivity index (χ1v) is 8.27. The summed E-state index contributed by atoms with van der Waals surface area (Å²) in [5.74, 6) is 0.335. The standard InChI is InChI=1S/C18H29ClFN/c1-6-21-15(10-13(2)12-18(3,4)5)11-14-8-7-9-16(19)17(14)20/h7-9,13,15,21H,6,10-12H2,1-5H3. The first-order chi connectivity index (χ1) is 9.73. The SMILES string of the molecule is CCNC(Cc1cccc(Cl)c1F)CC(C)CC(C)(C)C. The molecule has 0 aromatic heterocycles. The van der Waals surface area contributed by atoms with Gasteiger partial charge in [-0.3, -0.25) is 0 Å². The van der Waals surface area contributed by atoms with Gasteiger partial charge in [0, 0.05) is 6.04 Å². The van der Waals surface area contributed by atoms with Crippen molar-refractivity contribution in [2.75, 3.05) is 6.54 Å². The number of likely N-dealkylation sites (N-methyl/N-ethyl adjacent to an activating group) is 1. The summed E-state index contributed by atoms with van der Waals surface area (Å²) in [5, 5.41) is 3.70. The Balaban J connectivity index is 2.71. The average molecular weight is 314 g/mol. The van der Waals surface area contributed by atoms with E-state index in [-0.39, 0.29) is 10.8 Å². The largest absolute Gasteiger partial charge is 0.314 e. The van der Waals surface area contributed by atoms with E-state index >= 15 is 0 Å². The van der Waals surface area contributed by atoms with Gasteiger partial charge in [0.05, 0.1) is 5.02 Å². The second-order valence-electron chi connectivity index (χ2n) is 7.28. The summed E-state index contributed by atoms with van der Waals surface area (Å²) in [6.07, 6.45) is 2.92. The molecule has 0 aliphatic heterocycles. The Hall–Kier alpha value is -0.600. The van der Waals surface area contributed by atoms with Gasteiger partial charge in [0.25, 0.3) is 0 Å². The Bertz CT molecular complexity index is 439. The Labute approximate surface area is 134 Å². The third kappa shape index (κ3) is 6.80. The lowest BCUT2D eigenvalue weighted by Gasteiger charge is -2.27. The number of nitrogens with one attached hydrogen (secondary N) is 1. The molecule has 0 amide bonds. The van der Waals surface area contributed by atoms with Crippen LogP contribution in [0.3, 0.4) is 0 Å². The molecule has 1 aromatic rings. The zero-order chi connectivity index (χ0) is 16.0. The van der Waals surface area contributed by atoms with Crippen LogP contribution in [0, 0.1) is 17.2 Å². The molecule has 0 saturated carbocycles. The van der Waals surface area contributed by atoms with Crippen LogP contribution in [0.25, 0.3) is 0 Å². The van der Waals surface area contributed by atoms with Gasteiger partial charge >= 0.3 is 0 Å². The molecule has 3 heteroatoms. The lowest BCUT2D eigenvalue weighted by atomic mass is 9.82. The minimum absolute atomic E-state index is 0.213. The van der Waals surface area contributed by atoms with Gasteiger partial charge in [-0.25, -0.2) is 4.39 Å². The molecule has 1 aromatic carbocycles. The van der Waals surface area contributed by atoms with Crippen molar-refractivity contribution in [2.45, 2.75) is 59.9 Å². The highest BCUT2D eigenvalue weighted by atomic mass is 35.5. The van der Waals surface area contributed by atoms with Gasteiger partial charge in [0.2, 0.25) is 0 Å². The molecule has 0 heterocycles. The number of rotatable bonds is 7. The molecule has 0 spiro atoms. The maximum absolute atomic E-state index is 14.1. The van der Waals surface area contributed by atoms with Gasteiger partial charge in [-0.05, 0) is 48.8 Å². The fraction of sp³-hybridized carbons (Fsp3) is 0.667. The van der Waals surface area contributed by atoms with Crippen molar-refractivity contribution in [3.63, 3.8) is 0 Å². The van der Waals surface area contributed by atoms with E-state index in [2.05, 4.69) is 39.9 Å². The second kappa shape index (κ2) is 8.14. The molecule has 0 fully saturated rings. The van der Waals surface area contributed by atoms with E-state index in [1.807, 2.05) is 12.1 Å². The van der Waals surface area contributed by atoms with Gasteiger partial charge in [0.1, 0.15) is 5.82 Å². The molecule has 2 atom stereocenters. The Morgan fingerprint density at radius 1 is 1.29 bits per heavy atom. The Morgan fingerprint density at radius 2 is 1.95 bits per heavy atom. The third-order valence-electron chi connectivity index (χ3n) is 3.64. The fourth-order valence-electron chi connectivity index (χ4n) is 3.11. The van der Waals surface area contributed by atoms with Crippen molar-refractivity contribution in [1.29, 1.82) is 0 Å². The monoisotopic (exact) mass is 313 g/mol. The maximum Gasteiger partial charge on any atom is 0.145 e. The van der Waals surface area contributed by atoms with Crippen LogP contribution in [0.5, 0.6) is 0 Å². The van der Waals surface area contributed by atoms with E-state index in [1.54, 1.807) is 6.07 Å². The molecule has 1 nitrogen and oxygen atoms in total. The quantitative estimate of drug-likeness (QED) is 0.704. The lowest BCUT2D eigenvalue weighted by molar-refractivity contribution is 0.274. The lowest BCUT2D eigenvalue weighted by Crippen LogP contribution is -2.33. The van der Waals surface area contributed by atoms with Crippen LogP contribution in [0.15, 0.2) is 18.2 Å². The fourth-order valence-corrected chi connectivity index (χ4v) is 3.31. The van der Waals surface area contributed by atoms with Crippen LogP contribution in [-0.4, -0.2) is 12.6 Å². The van der Waals surface area contributed by atoms with Gasteiger partial charge in [-0.2, -0.15) is 0 Å². The Morgan fingerprint density at radius 3 is 2.52 bits per heavy atom. The summed E-state index contributed by atoms with van der Waals surface area (Å²) in [6, 6.07) is 5.55. The zero-order valence-corrected chi connectivity index (χ0v) is 14.7. The topological polar surface area (TPSA) is 12.0 Å². The predicted octanol–water partition coefficient (Wildman–Crippen LogP) is 5.46. The molecule has 0 saturated heterocycles. The molecule has 0 aliphatic carbocycles. The molecule has 0 bridgehead atoms. The number of benzene rings is 1. The molecular formula is C18H29ClFN. The summed E-state index contributed by atoms with van der Waals surface area (Å²) in [5.41, 5.74) is 1.04. The van der Waals surface area contributed by atoms with Crippen molar-refractivity contribution in [1.82, 2.24) is 5.32 Å². The van der Waals surface area contributed by atoms with Gasteiger partial charge < -0.3 is 5.32 Å². The summed E-state index contributed by atoms with van der Waals surface area (Å²) < 4.78 is 14.1. The molecule has 1 rings (SSSR count). The summed E-state index contributed by atoms with van der Waals surface area (Å²) in [6.45, 7) is 12.1. The molecule has 2 unspecified atom stereocenters. The minimum Gasteiger partial charge on any atom is -0.314 e. The predicted molar refractivity (Wildman–Crippen MR) is 90.4 cm³/mol. The highest BCUT2D eigenvalue weighted by Gasteiger charge is 2.20. The first-order valence-electron chi connectivity index (χ1n) is 7.89. The maximum atomic E-state index is 14.1. The second-order valence-corrected chi connectivity index (χ2v) is 7.68. The number of hydrogen-bond donors (Lipinski definition) is 1. The van der Waals surface area contributed by atoms with E-state index in [4.69, 9.17) is 11.6 Å². The van der Waals surface area contributed by atoms with Crippen LogP contribution >= 0.6 is 11.6 Å². The van der Waals surface area contributed by atoms with Gasteiger partial charge in [0.15, 0.2) is 0 Å². The molecule has 1 N–H and O–H groups in total. The van der Waals surface area contributed by atoms with E-state index in [0.29, 0.717) is 29.4 Å². The van der Waals surface area contributed by atoms with E-state index < -0.39 is 0 Å². The summed E-state index contributed by atoms with van der Waals surface area (Å²) in [4.78, 5) is 0. The normalized spacial score (nSPS) is 15.0. The summed E-state index contributed by atoms with van der Waals surface area (Å²) in [7, 11) is 0. The van der Waals surface area contributed by atoms with Crippen LogP contribution in [0.2, 0.25) is 5.02 Å². The van der Waals surface area contributed by atoms with E-state index in [1.165, 1.54) is 6.42 Å². The highest BCUT2D eigenvalue weighted by molar-refractivity contribution is 6.30. The minimum atomic E-state index is -0.273. The van der Waals surface area contributed by atoms with E-state index in [0.717, 1.165) is 13.0 Å². The van der Waals surface area contributed by atoms with Crippen molar-refractivity contribution in [3.05, 3.63) is 34.6 Å². The summed E-state index contributed by atoms with van der Waals surface area (Å²) >= 11 is 5.87. The smallest absolute Gasteiger partial charge is 0.145 e. The Kier molecular flexibility index (Phi) is 7.15. The third-order valence-corrected chi connectivity index (χ3v) is 3.93. The molecule has 21 heavy (non-hydrogen) atoms. The first kappa shape index (κ1) is 18.4. The van der Waals surface area contributed by atoms with Crippen molar-refractivity contribution in [2.24, 2.45) is 11.3 Å². The van der Waals surface area contributed by atoms with Gasteiger partial charge in [-0.1, -0.05) is 58.4 Å². The van der Waals surface area contributed by atoms with E-state index in [9.17, 15) is 4.39 Å². The van der Waals surface area contributed by atoms with Gasteiger partial charge in [-0.15, -0.1) is 0 Å². The van der Waals surface area contributed by atoms with Crippen molar-refractivity contribution >= 4 is 11.6 Å². The molecule has 120 valence electrons. The molecular weight excluding hydrogens is 285 g/mol. The average Bonchev–Trinajstić information content (AvgIpc) is 2.32. The van der Waals surface area contributed by atoms with Crippen LogP contribution in [0.1, 0.15) is 53.0 Å².